The van der Waals surface area contributed by atoms with Crippen LogP contribution >= 0.6 is 0 Å². The maximum atomic E-state index is 5.06. The van der Waals surface area contributed by atoms with E-state index in [1.165, 1.54) is 0 Å². The van der Waals surface area contributed by atoms with E-state index in [0.717, 1.165) is 16.5 Å². The van der Waals surface area contributed by atoms with Crippen LogP contribution in [0.5, 0.6) is 0 Å². The first kappa shape index (κ1) is 7.79. The van der Waals surface area contributed by atoms with Crippen molar-refractivity contribution in [1.82, 2.24) is 9.78 Å². The molecular weight excluding hydrogens is 164 g/mol. The Balaban J connectivity index is 2.65. The minimum Gasteiger partial charge on any atom is -0.323 e. The van der Waals surface area contributed by atoms with Crippen LogP contribution in [0.3, 0.4) is 0 Å². The summed E-state index contributed by atoms with van der Waals surface area (Å²) in [6.45, 7) is 0. The van der Waals surface area contributed by atoms with Gasteiger partial charge in [0.2, 0.25) is 0 Å². The van der Waals surface area contributed by atoms with Crippen LogP contribution in [0.4, 0.5) is 0 Å². The van der Waals surface area contributed by atoms with Crippen LogP contribution in [0.2, 0.25) is 0 Å². The van der Waals surface area contributed by atoms with Crippen LogP contribution in [-0.4, -0.2) is 16.0 Å². The maximum Gasteiger partial charge on any atom is 0.0685 e. The summed E-state index contributed by atoms with van der Waals surface area (Å²) < 4.78 is 1.82. The minimum absolute atomic E-state index is 0.985. The molecule has 4 nitrogen and oxygen atoms in total. The highest BCUT2D eigenvalue weighted by Crippen LogP contribution is 2.13. The standard InChI is InChI=1S/C9H10N4/c1-13-9-4-7(5-11-10)2-3-8(9)6-12-13/h2-6H,10H2,1H3. The van der Waals surface area contributed by atoms with Crippen LogP contribution in [0.1, 0.15) is 5.56 Å². The molecule has 1 heterocycles. The summed E-state index contributed by atoms with van der Waals surface area (Å²) >= 11 is 0. The highest BCUT2D eigenvalue weighted by atomic mass is 15.2. The summed E-state index contributed by atoms with van der Waals surface area (Å²) in [6.07, 6.45) is 3.45. The SMILES string of the molecule is Cn1ncc2ccc(C=NN)cc21. The fourth-order valence-corrected chi connectivity index (χ4v) is 1.33. The van der Waals surface area contributed by atoms with Crippen LogP contribution < -0.4 is 5.84 Å². The number of aryl methyl sites for hydroxylation is 1. The summed E-state index contributed by atoms with van der Waals surface area (Å²) in [6, 6.07) is 5.96. The Hall–Kier alpha value is -1.84. The van der Waals surface area contributed by atoms with Gasteiger partial charge in [-0.15, -0.1) is 0 Å². The van der Waals surface area contributed by atoms with E-state index in [0.29, 0.717) is 0 Å². The molecule has 0 aliphatic carbocycles. The summed E-state index contributed by atoms with van der Waals surface area (Å²) in [5, 5.41) is 8.73. The number of rotatable bonds is 1. The molecule has 0 spiro atoms. The van der Waals surface area contributed by atoms with E-state index >= 15 is 0 Å². The Morgan fingerprint density at radius 3 is 3.15 bits per heavy atom. The van der Waals surface area contributed by atoms with Crippen LogP contribution in [0.25, 0.3) is 10.9 Å². The first-order valence-electron chi connectivity index (χ1n) is 3.96. The predicted octanol–water partition coefficient (Wildman–Crippen LogP) is 0.866. The second-order valence-corrected chi connectivity index (χ2v) is 2.86. The quantitative estimate of drug-likeness (QED) is 0.396. The molecule has 13 heavy (non-hydrogen) atoms. The highest BCUT2D eigenvalue weighted by molar-refractivity contribution is 5.88. The van der Waals surface area contributed by atoms with Crippen LogP contribution in [0, 0.1) is 0 Å². The van der Waals surface area contributed by atoms with Crippen molar-refractivity contribution in [2.45, 2.75) is 0 Å². The number of hydrogen-bond acceptors (Lipinski definition) is 3. The largest absolute Gasteiger partial charge is 0.323 e. The maximum absolute atomic E-state index is 5.06. The molecule has 4 heteroatoms. The Morgan fingerprint density at radius 2 is 2.38 bits per heavy atom. The van der Waals surface area contributed by atoms with Crippen molar-refractivity contribution in [2.75, 3.05) is 0 Å². The average molecular weight is 174 g/mol. The normalized spacial score (nSPS) is 11.5. The number of nitrogens with zero attached hydrogens (tertiary/aromatic N) is 3. The number of benzene rings is 1. The van der Waals surface area contributed by atoms with E-state index in [4.69, 9.17) is 5.84 Å². The van der Waals surface area contributed by atoms with Gasteiger partial charge in [0.05, 0.1) is 17.9 Å². The minimum atomic E-state index is 0.985. The molecule has 66 valence electrons. The number of aromatic nitrogens is 2. The molecule has 0 saturated heterocycles. The van der Waals surface area contributed by atoms with Crippen molar-refractivity contribution in [3.8, 4) is 0 Å². The molecule has 0 atom stereocenters. The second-order valence-electron chi connectivity index (χ2n) is 2.86. The lowest BCUT2D eigenvalue weighted by Gasteiger charge is -1.95. The lowest BCUT2D eigenvalue weighted by Crippen LogP contribution is -1.90. The van der Waals surface area contributed by atoms with Gasteiger partial charge >= 0.3 is 0 Å². The molecule has 0 amide bonds. The van der Waals surface area contributed by atoms with Gasteiger partial charge in [-0.2, -0.15) is 10.2 Å². The van der Waals surface area contributed by atoms with Crippen molar-refractivity contribution in [1.29, 1.82) is 0 Å². The average Bonchev–Trinajstić information content (AvgIpc) is 2.49. The fraction of sp³-hybridized carbons (Fsp3) is 0.111. The number of hydrazone groups is 1. The van der Waals surface area contributed by atoms with Gasteiger partial charge in [0, 0.05) is 12.4 Å². The molecule has 0 saturated carbocycles. The molecule has 0 bridgehead atoms. The van der Waals surface area contributed by atoms with Crippen molar-refractivity contribution >= 4 is 17.1 Å². The smallest absolute Gasteiger partial charge is 0.0685 e. The molecule has 2 N–H and O–H groups in total. The lowest BCUT2D eigenvalue weighted by atomic mass is 10.2. The van der Waals surface area contributed by atoms with E-state index in [-0.39, 0.29) is 0 Å². The van der Waals surface area contributed by atoms with Gasteiger partial charge in [0.15, 0.2) is 0 Å². The number of hydrogen-bond donors (Lipinski definition) is 1. The van der Waals surface area contributed by atoms with Gasteiger partial charge in [0.1, 0.15) is 0 Å². The Labute approximate surface area is 75.7 Å². The van der Waals surface area contributed by atoms with Gasteiger partial charge in [-0.3, -0.25) is 4.68 Å². The molecular formula is C9H10N4. The van der Waals surface area contributed by atoms with Crippen molar-refractivity contribution in [3.05, 3.63) is 30.0 Å². The third kappa shape index (κ3) is 1.26. The molecule has 1 aromatic heterocycles. The van der Waals surface area contributed by atoms with Crippen molar-refractivity contribution in [2.24, 2.45) is 18.0 Å². The monoisotopic (exact) mass is 174 g/mol. The predicted molar refractivity (Wildman–Crippen MR) is 52.5 cm³/mol. The Bertz CT molecular complexity index is 456. The van der Waals surface area contributed by atoms with E-state index in [1.54, 1.807) is 6.21 Å². The van der Waals surface area contributed by atoms with Crippen molar-refractivity contribution in [3.63, 3.8) is 0 Å². The first-order valence-corrected chi connectivity index (χ1v) is 3.96. The molecule has 0 aliphatic rings. The zero-order valence-corrected chi connectivity index (χ0v) is 7.31. The zero-order chi connectivity index (χ0) is 9.26. The van der Waals surface area contributed by atoms with E-state index in [2.05, 4.69) is 10.2 Å². The Kier molecular flexibility index (Phi) is 1.73. The summed E-state index contributed by atoms with van der Waals surface area (Å²) in [5.74, 6) is 5.06. The lowest BCUT2D eigenvalue weighted by molar-refractivity contribution is 0.797. The second kappa shape index (κ2) is 2.90. The summed E-state index contributed by atoms with van der Waals surface area (Å²) in [7, 11) is 1.91. The third-order valence-corrected chi connectivity index (χ3v) is 2.00. The molecule has 0 unspecified atom stereocenters. The van der Waals surface area contributed by atoms with E-state index < -0.39 is 0 Å². The van der Waals surface area contributed by atoms with Crippen molar-refractivity contribution < 1.29 is 0 Å². The first-order chi connectivity index (χ1) is 6.31. The van der Waals surface area contributed by atoms with Gasteiger partial charge in [-0.25, -0.2) is 0 Å². The molecule has 0 fully saturated rings. The van der Waals surface area contributed by atoms with Gasteiger partial charge in [0.25, 0.3) is 0 Å². The summed E-state index contributed by atoms with van der Waals surface area (Å²) in [4.78, 5) is 0. The fourth-order valence-electron chi connectivity index (χ4n) is 1.33. The van der Waals surface area contributed by atoms with Crippen LogP contribution in [-0.2, 0) is 7.05 Å². The Morgan fingerprint density at radius 1 is 1.54 bits per heavy atom. The summed E-state index contributed by atoms with van der Waals surface area (Å²) in [5.41, 5.74) is 2.07. The van der Waals surface area contributed by atoms with Crippen LogP contribution in [0.15, 0.2) is 29.5 Å². The molecule has 2 rings (SSSR count). The zero-order valence-electron chi connectivity index (χ0n) is 7.31. The highest BCUT2D eigenvalue weighted by Gasteiger charge is 1.98. The van der Waals surface area contributed by atoms with Gasteiger partial charge in [-0.05, 0) is 11.6 Å². The van der Waals surface area contributed by atoms with E-state index in [9.17, 15) is 0 Å². The third-order valence-electron chi connectivity index (χ3n) is 2.00. The topological polar surface area (TPSA) is 56.2 Å². The molecule has 2 aromatic rings. The van der Waals surface area contributed by atoms with E-state index in [1.807, 2.05) is 36.1 Å². The molecule has 0 aliphatic heterocycles. The van der Waals surface area contributed by atoms with Gasteiger partial charge < -0.3 is 5.84 Å². The number of nitrogens with two attached hydrogens (primary N) is 1. The number of fused-ring (bicyclic) bond motifs is 1. The molecule has 1 aromatic carbocycles. The van der Waals surface area contributed by atoms with Gasteiger partial charge in [-0.1, -0.05) is 12.1 Å². The molecule has 0 radical (unpaired) electrons.